The van der Waals surface area contributed by atoms with Gasteiger partial charge in [0, 0.05) is 11.1 Å². The van der Waals surface area contributed by atoms with Gasteiger partial charge in [0.2, 0.25) is 3.53 Å². The molecule has 104 valence electrons. The number of hydrogen-bond donors (Lipinski definition) is 0. The first kappa shape index (κ1) is 18.8. The summed E-state index contributed by atoms with van der Waals surface area (Å²) in [5.41, 5.74) is -0.397. The molecule has 7 heteroatoms. The lowest BCUT2D eigenvalue weighted by molar-refractivity contribution is 0.147. The van der Waals surface area contributed by atoms with Crippen LogP contribution in [0.1, 0.15) is 41.5 Å². The third-order valence-electron chi connectivity index (χ3n) is 1.93. The van der Waals surface area contributed by atoms with Gasteiger partial charge >= 0.3 is 0 Å². The average Bonchev–Trinajstić information content (AvgIpc) is 1.91. The van der Waals surface area contributed by atoms with Gasteiger partial charge in [0.05, 0.1) is 8.07 Å². The molecule has 1 unspecified atom stereocenters. The monoisotopic (exact) mass is 359 g/mol. The summed E-state index contributed by atoms with van der Waals surface area (Å²) in [5.74, 6) is 0. The van der Waals surface area contributed by atoms with Crippen molar-refractivity contribution in [2.24, 2.45) is 0 Å². The predicted octanol–water partition coefficient (Wildman–Crippen LogP) is 6.37. The highest BCUT2D eigenvalue weighted by molar-refractivity contribution is 7.67. The van der Waals surface area contributed by atoms with Crippen LogP contribution in [0, 0.1) is 0 Å². The third-order valence-corrected chi connectivity index (χ3v) is 7.12. The smallest absolute Gasteiger partial charge is 0.224 e. The zero-order valence-corrected chi connectivity index (χ0v) is 15.5. The molecule has 0 aromatic heterocycles. The van der Waals surface area contributed by atoms with Crippen LogP contribution in [0.25, 0.3) is 0 Å². The van der Waals surface area contributed by atoms with Crippen molar-refractivity contribution in [1.82, 2.24) is 4.67 Å². The summed E-state index contributed by atoms with van der Waals surface area (Å²) in [6, 6.07) is 0. The Morgan fingerprint density at radius 3 is 1.18 bits per heavy atom. The number of rotatable bonds is 2. The number of alkyl halides is 5. The molecule has 0 fully saturated rings. The SMILES string of the molecule is CC(C)(C)N(P(C(Cl)Cl)C(Cl)(Cl)Cl)C(C)(C)C. The molecule has 0 rings (SSSR count). The second-order valence-electron chi connectivity index (χ2n) is 5.74. The van der Waals surface area contributed by atoms with Gasteiger partial charge in [-0.1, -0.05) is 58.0 Å². The minimum Gasteiger partial charge on any atom is -0.266 e. The van der Waals surface area contributed by atoms with Crippen LogP contribution in [0.4, 0.5) is 0 Å². The van der Waals surface area contributed by atoms with E-state index in [0.717, 1.165) is 0 Å². The van der Waals surface area contributed by atoms with Gasteiger partial charge in [-0.15, -0.1) is 0 Å². The lowest BCUT2D eigenvalue weighted by Gasteiger charge is -2.51. The van der Waals surface area contributed by atoms with Gasteiger partial charge in [0.1, 0.15) is 4.58 Å². The van der Waals surface area contributed by atoms with E-state index in [1.54, 1.807) is 0 Å². The molecule has 0 aromatic carbocycles. The summed E-state index contributed by atoms with van der Waals surface area (Å²) in [4.78, 5) is 0. The van der Waals surface area contributed by atoms with Crippen LogP contribution >= 0.6 is 66.1 Å². The minimum atomic E-state index is -1.48. The van der Waals surface area contributed by atoms with Crippen LogP contribution in [-0.2, 0) is 0 Å². The maximum absolute atomic E-state index is 6.05. The first-order valence-electron chi connectivity index (χ1n) is 5.13. The van der Waals surface area contributed by atoms with Crippen LogP contribution in [0.15, 0.2) is 0 Å². The van der Waals surface area contributed by atoms with E-state index in [4.69, 9.17) is 58.0 Å². The van der Waals surface area contributed by atoms with Crippen molar-refractivity contribution >= 4 is 66.1 Å². The summed E-state index contributed by atoms with van der Waals surface area (Å²) in [6.07, 6.45) is 0. The molecule has 0 aliphatic rings. The largest absolute Gasteiger partial charge is 0.266 e. The van der Waals surface area contributed by atoms with Gasteiger partial charge in [-0.25, -0.2) is 0 Å². The Balaban J connectivity index is 5.58. The molecule has 0 saturated heterocycles. The Hall–Kier alpha value is 1.84. The summed E-state index contributed by atoms with van der Waals surface area (Å²) in [7, 11) is -1.34. The van der Waals surface area contributed by atoms with Gasteiger partial charge in [0.25, 0.3) is 0 Å². The van der Waals surface area contributed by atoms with Crippen LogP contribution < -0.4 is 0 Å². The van der Waals surface area contributed by atoms with E-state index >= 15 is 0 Å². The van der Waals surface area contributed by atoms with Crippen molar-refractivity contribution in [2.45, 2.75) is 60.7 Å². The second-order valence-corrected chi connectivity index (χ2v) is 12.8. The normalized spacial score (nSPS) is 16.8. The van der Waals surface area contributed by atoms with Gasteiger partial charge in [-0.05, 0) is 41.5 Å². The first-order chi connectivity index (χ1) is 7.19. The standard InChI is InChI=1S/C10H19Cl5NP/c1-8(2,3)16(9(4,5)6)17(7(11)12)10(13,14)15/h7H,1-6H3. The summed E-state index contributed by atoms with van der Waals surface area (Å²) >= 11 is 30.2. The van der Waals surface area contributed by atoms with Gasteiger partial charge in [0.15, 0.2) is 0 Å². The topological polar surface area (TPSA) is 3.24 Å². The fourth-order valence-electron chi connectivity index (χ4n) is 1.96. The van der Waals surface area contributed by atoms with Gasteiger partial charge in [-0.2, -0.15) is 0 Å². The van der Waals surface area contributed by atoms with Crippen LogP contribution in [0.2, 0.25) is 0 Å². The van der Waals surface area contributed by atoms with Crippen LogP contribution in [-0.4, -0.2) is 23.9 Å². The fraction of sp³-hybridized carbons (Fsp3) is 1.00. The first-order valence-corrected chi connectivity index (χ1v) is 8.50. The molecule has 0 radical (unpaired) electrons. The predicted molar refractivity (Wildman–Crippen MR) is 84.0 cm³/mol. The molecular formula is C10H19Cl5NP. The van der Waals surface area contributed by atoms with Crippen LogP contribution in [0.3, 0.4) is 0 Å². The average molecular weight is 362 g/mol. The summed E-state index contributed by atoms with van der Waals surface area (Å²) in [6.45, 7) is 12.3. The fourth-order valence-corrected chi connectivity index (χ4v) is 7.74. The van der Waals surface area contributed by atoms with E-state index in [0.29, 0.717) is 0 Å². The molecule has 0 N–H and O–H groups in total. The lowest BCUT2D eigenvalue weighted by Crippen LogP contribution is -2.51. The lowest BCUT2D eigenvalue weighted by atomic mass is 10.0. The van der Waals surface area contributed by atoms with E-state index in [-0.39, 0.29) is 11.1 Å². The van der Waals surface area contributed by atoms with Crippen molar-refractivity contribution < 1.29 is 0 Å². The molecule has 0 aromatic rings. The highest BCUT2D eigenvalue weighted by Crippen LogP contribution is 2.68. The van der Waals surface area contributed by atoms with E-state index in [9.17, 15) is 0 Å². The molecule has 0 spiro atoms. The summed E-state index contributed by atoms with van der Waals surface area (Å²) < 4.78 is -0.104. The van der Waals surface area contributed by atoms with Crippen LogP contribution in [0.5, 0.6) is 0 Å². The number of hydrogen-bond acceptors (Lipinski definition) is 1. The Bertz CT molecular complexity index is 237. The van der Waals surface area contributed by atoms with E-state index in [2.05, 4.69) is 46.2 Å². The highest BCUT2D eigenvalue weighted by atomic mass is 35.6. The van der Waals surface area contributed by atoms with E-state index in [1.807, 2.05) is 0 Å². The molecule has 1 nitrogen and oxygen atoms in total. The summed E-state index contributed by atoms with van der Waals surface area (Å²) in [5, 5.41) is 0. The van der Waals surface area contributed by atoms with Gasteiger partial charge in [-0.3, -0.25) is 4.67 Å². The molecule has 0 aliphatic heterocycles. The molecule has 0 amide bonds. The maximum atomic E-state index is 6.05. The molecule has 1 atom stereocenters. The van der Waals surface area contributed by atoms with Crippen molar-refractivity contribution in [3.63, 3.8) is 0 Å². The molecule has 0 saturated carbocycles. The molecule has 0 aliphatic carbocycles. The second kappa shape index (κ2) is 6.08. The zero-order chi connectivity index (χ0) is 14.2. The Morgan fingerprint density at radius 2 is 1.12 bits per heavy atom. The Kier molecular flexibility index (Phi) is 6.74. The van der Waals surface area contributed by atoms with Crippen molar-refractivity contribution in [3.8, 4) is 0 Å². The van der Waals surface area contributed by atoms with E-state index < -0.39 is 16.2 Å². The van der Waals surface area contributed by atoms with Crippen molar-refractivity contribution in [3.05, 3.63) is 0 Å². The maximum Gasteiger partial charge on any atom is 0.224 e. The minimum absolute atomic E-state index is 0.199. The number of halogens is 5. The van der Waals surface area contributed by atoms with Crippen molar-refractivity contribution in [2.75, 3.05) is 0 Å². The van der Waals surface area contributed by atoms with E-state index in [1.165, 1.54) is 0 Å². The molecule has 0 bridgehead atoms. The molecule has 17 heavy (non-hydrogen) atoms. The Morgan fingerprint density at radius 1 is 0.824 bits per heavy atom. The highest BCUT2D eigenvalue weighted by Gasteiger charge is 2.49. The molecule has 0 heterocycles. The third kappa shape index (κ3) is 5.78. The number of nitrogens with zero attached hydrogens (tertiary/aromatic N) is 1. The molecular weight excluding hydrogens is 342 g/mol. The van der Waals surface area contributed by atoms with Gasteiger partial charge < -0.3 is 0 Å². The quantitative estimate of drug-likeness (QED) is 0.408. The zero-order valence-electron chi connectivity index (χ0n) is 10.9. The van der Waals surface area contributed by atoms with Crippen molar-refractivity contribution in [1.29, 1.82) is 0 Å². The Labute approximate surface area is 131 Å².